The maximum atomic E-state index is 6.45. The number of nitrogens with two attached hydrogens (primary N) is 1. The molecule has 1 aromatic rings. The maximum Gasteiger partial charge on any atom is 0.0940 e. The zero-order chi connectivity index (χ0) is 14.2. The first-order valence-corrected chi connectivity index (χ1v) is 7.78. The van der Waals surface area contributed by atoms with Gasteiger partial charge in [0.15, 0.2) is 0 Å². The van der Waals surface area contributed by atoms with Crippen LogP contribution in [-0.2, 0) is 9.47 Å². The van der Waals surface area contributed by atoms with Crippen LogP contribution in [0.1, 0.15) is 30.9 Å². The van der Waals surface area contributed by atoms with E-state index in [2.05, 4.69) is 0 Å². The molecule has 2 N–H and O–H groups in total. The molecule has 3 rings (SSSR count). The Kier molecular flexibility index (Phi) is 4.25. The number of rotatable bonds is 2. The Hall–Kier alpha value is -0.320. The van der Waals surface area contributed by atoms with Crippen molar-refractivity contribution in [2.45, 2.75) is 30.9 Å². The Balaban J connectivity index is 1.79. The normalized spacial score (nSPS) is 31.6. The summed E-state index contributed by atoms with van der Waals surface area (Å²) in [5, 5.41) is 1.13. The highest BCUT2D eigenvalue weighted by atomic mass is 35.5. The fraction of sp³-hybridized carbons (Fsp3) is 0.600. The highest BCUT2D eigenvalue weighted by Crippen LogP contribution is 2.42. The molecular weight excluding hydrogens is 297 g/mol. The van der Waals surface area contributed by atoms with E-state index in [9.17, 15) is 0 Å². The van der Waals surface area contributed by atoms with Crippen LogP contribution in [0.3, 0.4) is 0 Å². The van der Waals surface area contributed by atoms with Crippen LogP contribution in [0.4, 0.5) is 0 Å². The molecule has 3 unspecified atom stereocenters. The predicted octanol–water partition coefficient (Wildman–Crippen LogP) is 3.58. The first kappa shape index (κ1) is 14.6. The van der Waals surface area contributed by atoms with E-state index in [1.54, 1.807) is 6.07 Å². The third kappa shape index (κ3) is 2.70. The molecule has 3 nitrogen and oxygen atoms in total. The predicted molar refractivity (Wildman–Crippen MR) is 80.2 cm³/mol. The fourth-order valence-electron chi connectivity index (χ4n) is 3.27. The van der Waals surface area contributed by atoms with Crippen LogP contribution in [0.15, 0.2) is 18.2 Å². The Morgan fingerprint density at radius 2 is 2.15 bits per heavy atom. The monoisotopic (exact) mass is 315 g/mol. The Bertz CT molecular complexity index is 489. The van der Waals surface area contributed by atoms with Gasteiger partial charge < -0.3 is 15.2 Å². The molecule has 110 valence electrons. The molecule has 0 amide bonds. The molecule has 2 fully saturated rings. The van der Waals surface area contributed by atoms with Crippen molar-refractivity contribution >= 4 is 23.2 Å². The summed E-state index contributed by atoms with van der Waals surface area (Å²) in [7, 11) is 0. The van der Waals surface area contributed by atoms with Gasteiger partial charge in [-0.15, -0.1) is 0 Å². The second kappa shape index (κ2) is 5.82. The number of hydrogen-bond acceptors (Lipinski definition) is 3. The SMILES string of the molecule is NC(c1cccc(Cl)c1Cl)C1CCOC2(CCOC2)C1. The summed E-state index contributed by atoms with van der Waals surface area (Å²) in [5.74, 6) is 0.349. The first-order valence-electron chi connectivity index (χ1n) is 7.02. The lowest BCUT2D eigenvalue weighted by atomic mass is 9.79. The molecule has 2 heterocycles. The van der Waals surface area contributed by atoms with E-state index in [1.165, 1.54) is 0 Å². The largest absolute Gasteiger partial charge is 0.378 e. The van der Waals surface area contributed by atoms with Crippen molar-refractivity contribution in [2.24, 2.45) is 11.7 Å². The molecule has 2 aliphatic rings. The molecule has 0 bridgehead atoms. The van der Waals surface area contributed by atoms with Gasteiger partial charge in [0.05, 0.1) is 22.3 Å². The van der Waals surface area contributed by atoms with Gasteiger partial charge in [0.1, 0.15) is 0 Å². The van der Waals surface area contributed by atoms with E-state index < -0.39 is 0 Å². The van der Waals surface area contributed by atoms with Crippen molar-refractivity contribution in [1.82, 2.24) is 0 Å². The molecule has 0 saturated carbocycles. The lowest BCUT2D eigenvalue weighted by Crippen LogP contribution is -2.43. The van der Waals surface area contributed by atoms with E-state index in [4.69, 9.17) is 38.4 Å². The summed E-state index contributed by atoms with van der Waals surface area (Å²) >= 11 is 12.4. The second-order valence-electron chi connectivity index (χ2n) is 5.76. The highest BCUT2D eigenvalue weighted by Gasteiger charge is 2.42. The summed E-state index contributed by atoms with van der Waals surface area (Å²) in [6.07, 6.45) is 2.84. The molecule has 2 aliphatic heterocycles. The van der Waals surface area contributed by atoms with Crippen molar-refractivity contribution in [3.8, 4) is 0 Å². The van der Waals surface area contributed by atoms with Crippen molar-refractivity contribution in [3.05, 3.63) is 33.8 Å². The number of halogens is 2. The minimum atomic E-state index is -0.133. The van der Waals surface area contributed by atoms with Gasteiger partial charge in [0.2, 0.25) is 0 Å². The quantitative estimate of drug-likeness (QED) is 0.907. The molecule has 1 aromatic carbocycles. The summed E-state index contributed by atoms with van der Waals surface area (Å²) in [4.78, 5) is 0. The Labute approximate surface area is 129 Å². The van der Waals surface area contributed by atoms with Gasteiger partial charge in [-0.25, -0.2) is 0 Å². The van der Waals surface area contributed by atoms with Crippen LogP contribution in [0, 0.1) is 5.92 Å². The van der Waals surface area contributed by atoms with Crippen molar-refractivity contribution in [3.63, 3.8) is 0 Å². The van der Waals surface area contributed by atoms with E-state index in [-0.39, 0.29) is 11.6 Å². The van der Waals surface area contributed by atoms with Gasteiger partial charge in [-0.2, -0.15) is 0 Å². The Morgan fingerprint density at radius 1 is 1.30 bits per heavy atom. The van der Waals surface area contributed by atoms with Crippen LogP contribution in [-0.4, -0.2) is 25.4 Å². The summed E-state index contributed by atoms with van der Waals surface area (Å²) < 4.78 is 11.5. The van der Waals surface area contributed by atoms with E-state index in [0.29, 0.717) is 22.6 Å². The van der Waals surface area contributed by atoms with Gasteiger partial charge in [-0.05, 0) is 30.4 Å². The standard InChI is InChI=1S/C15H19Cl2NO2/c16-12-3-1-2-11(13(12)17)14(18)10-4-6-20-15(8-10)5-7-19-9-15/h1-3,10,14H,4-9,18H2. The number of benzene rings is 1. The van der Waals surface area contributed by atoms with Crippen LogP contribution in [0.25, 0.3) is 0 Å². The van der Waals surface area contributed by atoms with Crippen LogP contribution >= 0.6 is 23.2 Å². The molecule has 20 heavy (non-hydrogen) atoms. The maximum absolute atomic E-state index is 6.45. The molecule has 0 aromatic heterocycles. The molecular formula is C15H19Cl2NO2. The van der Waals surface area contributed by atoms with E-state index in [1.807, 2.05) is 12.1 Å². The van der Waals surface area contributed by atoms with Gasteiger partial charge in [-0.3, -0.25) is 0 Å². The number of hydrogen-bond donors (Lipinski definition) is 1. The minimum Gasteiger partial charge on any atom is -0.378 e. The van der Waals surface area contributed by atoms with Crippen LogP contribution < -0.4 is 5.73 Å². The first-order chi connectivity index (χ1) is 9.61. The molecule has 0 radical (unpaired) electrons. The third-order valence-corrected chi connectivity index (χ3v) is 5.28. The minimum absolute atomic E-state index is 0.109. The van der Waals surface area contributed by atoms with Gasteiger partial charge in [-0.1, -0.05) is 35.3 Å². The van der Waals surface area contributed by atoms with E-state index >= 15 is 0 Å². The molecule has 2 saturated heterocycles. The Morgan fingerprint density at radius 3 is 2.90 bits per heavy atom. The van der Waals surface area contributed by atoms with Crippen molar-refractivity contribution in [1.29, 1.82) is 0 Å². The fourth-order valence-corrected chi connectivity index (χ4v) is 3.70. The van der Waals surface area contributed by atoms with Crippen molar-refractivity contribution < 1.29 is 9.47 Å². The lowest BCUT2D eigenvalue weighted by Gasteiger charge is -2.39. The summed E-state index contributed by atoms with van der Waals surface area (Å²) in [5.41, 5.74) is 7.25. The zero-order valence-corrected chi connectivity index (χ0v) is 12.8. The van der Waals surface area contributed by atoms with Gasteiger partial charge in [0, 0.05) is 25.7 Å². The third-order valence-electron chi connectivity index (χ3n) is 4.45. The molecule has 3 atom stereocenters. The average molecular weight is 316 g/mol. The topological polar surface area (TPSA) is 44.5 Å². The smallest absolute Gasteiger partial charge is 0.0940 e. The summed E-state index contributed by atoms with van der Waals surface area (Å²) in [6, 6.07) is 5.54. The van der Waals surface area contributed by atoms with Gasteiger partial charge in [0.25, 0.3) is 0 Å². The highest BCUT2D eigenvalue weighted by molar-refractivity contribution is 6.42. The van der Waals surface area contributed by atoms with Crippen LogP contribution in [0.5, 0.6) is 0 Å². The lowest BCUT2D eigenvalue weighted by molar-refractivity contribution is -0.101. The second-order valence-corrected chi connectivity index (χ2v) is 6.54. The average Bonchev–Trinajstić information content (AvgIpc) is 2.89. The summed E-state index contributed by atoms with van der Waals surface area (Å²) in [6.45, 7) is 2.19. The van der Waals surface area contributed by atoms with Crippen molar-refractivity contribution in [2.75, 3.05) is 19.8 Å². The van der Waals surface area contributed by atoms with Crippen LogP contribution in [0.2, 0.25) is 10.0 Å². The molecule has 1 spiro atoms. The molecule has 0 aliphatic carbocycles. The zero-order valence-electron chi connectivity index (χ0n) is 11.3. The van der Waals surface area contributed by atoms with Gasteiger partial charge >= 0.3 is 0 Å². The molecule has 5 heteroatoms. The van der Waals surface area contributed by atoms with E-state index in [0.717, 1.165) is 38.0 Å². The number of ether oxygens (including phenoxy) is 2.